The fourth-order valence-corrected chi connectivity index (χ4v) is 3.21. The first-order valence-electron chi connectivity index (χ1n) is 11.5. The molecule has 0 unspecified atom stereocenters. The van der Waals surface area contributed by atoms with E-state index < -0.39 is 5.60 Å². The van der Waals surface area contributed by atoms with Crippen molar-refractivity contribution in [1.29, 1.82) is 0 Å². The molecule has 0 aliphatic rings. The lowest BCUT2D eigenvalue weighted by atomic mass is 10.0. The molecule has 0 fully saturated rings. The van der Waals surface area contributed by atoms with Crippen LogP contribution in [0, 0.1) is 0 Å². The minimum atomic E-state index is -0.480. The molecule has 3 heteroatoms. The summed E-state index contributed by atoms with van der Waals surface area (Å²) >= 11 is 0. The van der Waals surface area contributed by atoms with Crippen LogP contribution in [0.25, 0.3) is 0 Å². The van der Waals surface area contributed by atoms with Gasteiger partial charge in [0, 0.05) is 12.1 Å². The second kappa shape index (κ2) is 17.3. The zero-order valence-corrected chi connectivity index (χ0v) is 18.8. The van der Waals surface area contributed by atoms with Gasteiger partial charge in [-0.15, -0.1) is 0 Å². The van der Waals surface area contributed by atoms with Crippen LogP contribution in [0.5, 0.6) is 0 Å². The number of ether oxygens (including phenoxy) is 1. The van der Waals surface area contributed by atoms with Crippen molar-refractivity contribution in [2.45, 2.75) is 123 Å². The van der Waals surface area contributed by atoms with Crippen LogP contribution in [-0.4, -0.2) is 24.7 Å². The molecule has 3 nitrogen and oxygen atoms in total. The van der Waals surface area contributed by atoms with Crippen molar-refractivity contribution in [2.24, 2.45) is 0 Å². The molecule has 0 rings (SSSR count). The lowest BCUT2D eigenvalue weighted by Crippen LogP contribution is -2.39. The lowest BCUT2D eigenvalue weighted by Gasteiger charge is -2.25. The molecular weight excluding hydrogens is 334 g/mol. The summed E-state index contributed by atoms with van der Waals surface area (Å²) < 4.78 is 5.42. The van der Waals surface area contributed by atoms with Crippen molar-refractivity contribution in [3.8, 4) is 0 Å². The summed E-state index contributed by atoms with van der Waals surface area (Å²) in [5.41, 5.74) is -0.0264. The van der Waals surface area contributed by atoms with Gasteiger partial charge in [-0.25, -0.2) is 4.79 Å². The highest BCUT2D eigenvalue weighted by Gasteiger charge is 2.22. The summed E-state index contributed by atoms with van der Waals surface area (Å²) in [6, 6.07) is 0. The van der Waals surface area contributed by atoms with E-state index in [4.69, 9.17) is 4.74 Å². The number of carbonyl (C=O) groups excluding carboxylic acids is 1. The first kappa shape index (κ1) is 26.2. The summed E-state index contributed by atoms with van der Waals surface area (Å²) in [7, 11) is 0. The van der Waals surface area contributed by atoms with E-state index in [1.54, 1.807) is 6.92 Å². The maximum atomic E-state index is 11.6. The third kappa shape index (κ3) is 18.3. The quantitative estimate of drug-likeness (QED) is 0.149. The van der Waals surface area contributed by atoms with Gasteiger partial charge in [0.15, 0.2) is 0 Å². The monoisotopic (exact) mass is 381 g/mol. The summed E-state index contributed by atoms with van der Waals surface area (Å²) in [5.74, 6) is -0.307. The molecule has 0 radical (unpaired) electrons. The van der Waals surface area contributed by atoms with Crippen LogP contribution in [-0.2, 0) is 9.53 Å². The molecule has 0 saturated carbocycles. The Morgan fingerprint density at radius 1 is 0.815 bits per heavy atom. The van der Waals surface area contributed by atoms with Crippen molar-refractivity contribution in [3.05, 3.63) is 12.2 Å². The fourth-order valence-electron chi connectivity index (χ4n) is 3.21. The van der Waals surface area contributed by atoms with Gasteiger partial charge in [-0.2, -0.15) is 0 Å². The van der Waals surface area contributed by atoms with Crippen LogP contribution < -0.4 is 5.32 Å². The molecule has 0 spiro atoms. The average molecular weight is 382 g/mol. The van der Waals surface area contributed by atoms with E-state index in [9.17, 15) is 4.79 Å². The molecule has 0 aliphatic heterocycles. The van der Waals surface area contributed by atoms with Crippen molar-refractivity contribution >= 4 is 5.97 Å². The molecule has 0 saturated heterocycles. The van der Waals surface area contributed by atoms with Crippen LogP contribution in [0.3, 0.4) is 0 Å². The van der Waals surface area contributed by atoms with E-state index in [-0.39, 0.29) is 5.97 Å². The van der Waals surface area contributed by atoms with Crippen LogP contribution in [0.15, 0.2) is 12.2 Å². The van der Waals surface area contributed by atoms with Crippen molar-refractivity contribution in [2.75, 3.05) is 13.1 Å². The average Bonchev–Trinajstić information content (AvgIpc) is 2.60. The van der Waals surface area contributed by atoms with E-state index in [1.165, 1.54) is 89.9 Å². The van der Waals surface area contributed by atoms with Gasteiger partial charge in [-0.1, -0.05) is 97.0 Å². The Kier molecular flexibility index (Phi) is 16.7. The van der Waals surface area contributed by atoms with Crippen LogP contribution in [0.1, 0.15) is 118 Å². The first-order valence-corrected chi connectivity index (χ1v) is 11.5. The normalized spacial score (nSPS) is 11.6. The van der Waals surface area contributed by atoms with E-state index in [2.05, 4.69) is 18.8 Å². The van der Waals surface area contributed by atoms with Crippen LogP contribution in [0.2, 0.25) is 0 Å². The van der Waals surface area contributed by atoms with Gasteiger partial charge in [-0.3, -0.25) is 0 Å². The van der Waals surface area contributed by atoms with Gasteiger partial charge >= 0.3 is 5.97 Å². The Labute approximate surface area is 169 Å². The Morgan fingerprint density at radius 2 is 1.22 bits per heavy atom. The predicted molar refractivity (Wildman–Crippen MR) is 118 cm³/mol. The number of hydrogen-bond acceptors (Lipinski definition) is 3. The second-order valence-corrected chi connectivity index (χ2v) is 8.70. The maximum absolute atomic E-state index is 11.6. The highest BCUT2D eigenvalue weighted by molar-refractivity contribution is 5.87. The summed E-state index contributed by atoms with van der Waals surface area (Å²) in [6.07, 6.45) is 19.4. The zero-order valence-electron chi connectivity index (χ0n) is 18.8. The Hall–Kier alpha value is -0.830. The van der Waals surface area contributed by atoms with Crippen molar-refractivity contribution < 1.29 is 9.53 Å². The summed E-state index contributed by atoms with van der Waals surface area (Å²) in [4.78, 5) is 11.6. The predicted octanol–water partition coefficient (Wildman–Crippen LogP) is 6.96. The van der Waals surface area contributed by atoms with E-state index in [0.717, 1.165) is 6.54 Å². The molecule has 160 valence electrons. The Morgan fingerprint density at radius 3 is 1.63 bits per heavy atom. The van der Waals surface area contributed by atoms with Crippen molar-refractivity contribution in [3.63, 3.8) is 0 Å². The van der Waals surface area contributed by atoms with E-state index >= 15 is 0 Å². The largest absolute Gasteiger partial charge is 0.455 e. The topological polar surface area (TPSA) is 38.3 Å². The van der Waals surface area contributed by atoms with Gasteiger partial charge in [-0.05, 0) is 33.7 Å². The zero-order chi connectivity index (χ0) is 20.4. The second-order valence-electron chi connectivity index (χ2n) is 8.70. The number of unbranched alkanes of at least 4 members (excludes halogenated alkanes) is 13. The number of carbonyl (C=O) groups is 1. The molecule has 0 aromatic carbocycles. The number of esters is 1. The minimum Gasteiger partial charge on any atom is -0.455 e. The third-order valence-electron chi connectivity index (χ3n) is 4.98. The number of nitrogens with one attached hydrogen (secondary N) is 1. The highest BCUT2D eigenvalue weighted by atomic mass is 16.6. The van der Waals surface area contributed by atoms with Crippen LogP contribution in [0.4, 0.5) is 0 Å². The van der Waals surface area contributed by atoms with Gasteiger partial charge in [0.25, 0.3) is 0 Å². The summed E-state index contributed by atoms with van der Waals surface area (Å²) in [6.45, 7) is 13.1. The van der Waals surface area contributed by atoms with Gasteiger partial charge in [0.1, 0.15) is 5.60 Å². The SMILES string of the molecule is C=C(C)C(=O)OC(C)(C)CNCCCCCCCCCCCCCCCC. The minimum absolute atomic E-state index is 0.307. The molecule has 0 aromatic heterocycles. The molecule has 0 aromatic rings. The molecule has 0 atom stereocenters. The van der Waals surface area contributed by atoms with Gasteiger partial charge in [0.05, 0.1) is 0 Å². The standard InChI is InChI=1S/C24H47NO2/c1-6-7-8-9-10-11-12-13-14-15-16-17-18-19-20-25-21-24(4,5)27-23(26)22(2)3/h25H,2,6-21H2,1,3-5H3. The van der Waals surface area contributed by atoms with Crippen LogP contribution >= 0.6 is 0 Å². The summed E-state index contributed by atoms with van der Waals surface area (Å²) in [5, 5.41) is 3.41. The number of hydrogen-bond donors (Lipinski definition) is 1. The van der Waals surface area contributed by atoms with E-state index in [1.807, 2.05) is 13.8 Å². The van der Waals surface area contributed by atoms with Gasteiger partial charge < -0.3 is 10.1 Å². The third-order valence-corrected chi connectivity index (χ3v) is 4.98. The molecule has 1 N–H and O–H groups in total. The number of rotatable bonds is 19. The Balaban J connectivity index is 3.31. The smallest absolute Gasteiger partial charge is 0.333 e. The first-order chi connectivity index (χ1) is 12.9. The molecule has 0 bridgehead atoms. The Bertz CT molecular complexity index is 377. The molecule has 0 aliphatic carbocycles. The van der Waals surface area contributed by atoms with E-state index in [0.29, 0.717) is 12.1 Å². The van der Waals surface area contributed by atoms with Gasteiger partial charge in [0.2, 0.25) is 0 Å². The highest BCUT2D eigenvalue weighted by Crippen LogP contribution is 2.13. The van der Waals surface area contributed by atoms with Crippen molar-refractivity contribution in [1.82, 2.24) is 5.32 Å². The molecule has 27 heavy (non-hydrogen) atoms. The molecule has 0 heterocycles. The fraction of sp³-hybridized carbons (Fsp3) is 0.875. The molecule has 0 amide bonds. The maximum Gasteiger partial charge on any atom is 0.333 e. The molecular formula is C24H47NO2. The lowest BCUT2D eigenvalue weighted by molar-refractivity contribution is -0.151.